The molecular formula is C17H15N3O. The van der Waals surface area contributed by atoms with Crippen molar-refractivity contribution in [3.63, 3.8) is 0 Å². The van der Waals surface area contributed by atoms with Crippen LogP contribution in [0.4, 0.5) is 5.69 Å². The number of anilines is 1. The second kappa shape index (κ2) is 4.74. The van der Waals surface area contributed by atoms with Crippen LogP contribution in [0.5, 0.6) is 0 Å². The molecule has 21 heavy (non-hydrogen) atoms. The molecule has 2 heterocycles. The van der Waals surface area contributed by atoms with Crippen LogP contribution >= 0.6 is 0 Å². The number of benzene rings is 2. The molecule has 0 bridgehead atoms. The molecule has 1 aromatic heterocycles. The van der Waals surface area contributed by atoms with Crippen molar-refractivity contribution in [1.82, 2.24) is 10.1 Å². The van der Waals surface area contributed by atoms with Crippen molar-refractivity contribution in [2.45, 2.75) is 12.8 Å². The minimum Gasteiger partial charge on any atom is -0.384 e. The van der Waals surface area contributed by atoms with E-state index in [1.54, 1.807) is 0 Å². The van der Waals surface area contributed by atoms with Crippen LogP contribution in [0.2, 0.25) is 0 Å². The molecule has 4 heteroatoms. The molecule has 4 nitrogen and oxygen atoms in total. The van der Waals surface area contributed by atoms with Gasteiger partial charge in [0.2, 0.25) is 11.7 Å². The van der Waals surface area contributed by atoms with E-state index in [0.29, 0.717) is 11.7 Å². The van der Waals surface area contributed by atoms with Gasteiger partial charge in [0.25, 0.3) is 0 Å². The average molecular weight is 277 g/mol. The standard InChI is InChI=1S/C17H15N3O/c1-11-6-8-12(9-7-11)16-19-17(21-20-16)14-10-18-15-5-3-2-4-13(14)15/h2-9,14,18H,10H2,1H3. The van der Waals surface area contributed by atoms with Crippen LogP contribution in [-0.2, 0) is 0 Å². The molecule has 0 aliphatic carbocycles. The highest BCUT2D eigenvalue weighted by molar-refractivity contribution is 5.60. The van der Waals surface area contributed by atoms with Crippen LogP contribution < -0.4 is 5.32 Å². The Morgan fingerprint density at radius 1 is 1.10 bits per heavy atom. The number of fused-ring (bicyclic) bond motifs is 1. The van der Waals surface area contributed by atoms with Crippen LogP contribution in [0, 0.1) is 6.92 Å². The van der Waals surface area contributed by atoms with E-state index in [-0.39, 0.29) is 5.92 Å². The SMILES string of the molecule is Cc1ccc(-c2noc(C3CNc4ccccc43)n2)cc1. The van der Waals surface area contributed by atoms with E-state index in [1.807, 2.05) is 24.3 Å². The minimum atomic E-state index is 0.132. The molecule has 1 unspecified atom stereocenters. The van der Waals surface area contributed by atoms with Gasteiger partial charge in [0, 0.05) is 17.8 Å². The van der Waals surface area contributed by atoms with Crippen LogP contribution in [0.15, 0.2) is 53.1 Å². The Kier molecular flexibility index (Phi) is 2.74. The van der Waals surface area contributed by atoms with E-state index in [2.05, 4.69) is 46.6 Å². The van der Waals surface area contributed by atoms with E-state index in [4.69, 9.17) is 4.52 Å². The summed E-state index contributed by atoms with van der Waals surface area (Å²) in [6.07, 6.45) is 0. The summed E-state index contributed by atoms with van der Waals surface area (Å²) in [5, 5.41) is 7.50. The predicted octanol–water partition coefficient (Wildman–Crippen LogP) is 3.60. The Hall–Kier alpha value is -2.62. The zero-order valence-electron chi connectivity index (χ0n) is 11.7. The van der Waals surface area contributed by atoms with Crippen molar-refractivity contribution in [3.05, 3.63) is 65.5 Å². The molecule has 0 spiro atoms. The maximum atomic E-state index is 5.49. The van der Waals surface area contributed by atoms with Gasteiger partial charge >= 0.3 is 0 Å². The first-order valence-corrected chi connectivity index (χ1v) is 7.05. The topological polar surface area (TPSA) is 51.0 Å². The fourth-order valence-electron chi connectivity index (χ4n) is 2.70. The molecule has 1 aliphatic heterocycles. The molecule has 0 saturated heterocycles. The smallest absolute Gasteiger partial charge is 0.236 e. The lowest BCUT2D eigenvalue weighted by molar-refractivity contribution is 0.371. The number of nitrogens with one attached hydrogen (secondary N) is 1. The van der Waals surface area contributed by atoms with Gasteiger partial charge in [-0.3, -0.25) is 0 Å². The number of para-hydroxylation sites is 1. The summed E-state index contributed by atoms with van der Waals surface area (Å²) < 4.78 is 5.49. The van der Waals surface area contributed by atoms with Gasteiger partial charge < -0.3 is 9.84 Å². The van der Waals surface area contributed by atoms with E-state index >= 15 is 0 Å². The van der Waals surface area contributed by atoms with Gasteiger partial charge in [0.05, 0.1) is 5.92 Å². The molecule has 0 radical (unpaired) electrons. The summed E-state index contributed by atoms with van der Waals surface area (Å²) in [6, 6.07) is 16.4. The van der Waals surface area contributed by atoms with Crippen molar-refractivity contribution >= 4 is 5.69 Å². The molecule has 1 N–H and O–H groups in total. The molecule has 0 fully saturated rings. The number of rotatable bonds is 2. The van der Waals surface area contributed by atoms with Gasteiger partial charge in [-0.05, 0) is 18.6 Å². The first kappa shape index (κ1) is 12.1. The maximum absolute atomic E-state index is 5.49. The molecule has 3 aromatic rings. The number of hydrogen-bond acceptors (Lipinski definition) is 4. The maximum Gasteiger partial charge on any atom is 0.236 e. The molecule has 1 aliphatic rings. The largest absolute Gasteiger partial charge is 0.384 e. The van der Waals surface area contributed by atoms with E-state index in [9.17, 15) is 0 Å². The summed E-state index contributed by atoms with van der Waals surface area (Å²) >= 11 is 0. The number of aryl methyl sites for hydroxylation is 1. The number of aromatic nitrogens is 2. The van der Waals surface area contributed by atoms with Crippen LogP contribution in [-0.4, -0.2) is 16.7 Å². The minimum absolute atomic E-state index is 0.132. The average Bonchev–Trinajstić information content (AvgIpc) is 3.14. The van der Waals surface area contributed by atoms with Gasteiger partial charge in [-0.2, -0.15) is 4.98 Å². The third-order valence-corrected chi connectivity index (χ3v) is 3.88. The molecule has 2 aromatic carbocycles. The van der Waals surface area contributed by atoms with Crippen molar-refractivity contribution in [3.8, 4) is 11.4 Å². The lowest BCUT2D eigenvalue weighted by Gasteiger charge is -2.03. The lowest BCUT2D eigenvalue weighted by Crippen LogP contribution is -2.04. The van der Waals surface area contributed by atoms with E-state index in [1.165, 1.54) is 11.1 Å². The van der Waals surface area contributed by atoms with Crippen molar-refractivity contribution in [2.75, 3.05) is 11.9 Å². The van der Waals surface area contributed by atoms with Gasteiger partial charge in [-0.25, -0.2) is 0 Å². The summed E-state index contributed by atoms with van der Waals surface area (Å²) in [5.41, 5.74) is 4.57. The van der Waals surface area contributed by atoms with Crippen molar-refractivity contribution < 1.29 is 4.52 Å². The highest BCUT2D eigenvalue weighted by Crippen LogP contribution is 2.35. The Labute approximate surface area is 122 Å². The fraction of sp³-hybridized carbons (Fsp3) is 0.176. The van der Waals surface area contributed by atoms with Crippen LogP contribution in [0.1, 0.15) is 22.9 Å². The predicted molar refractivity (Wildman–Crippen MR) is 81.2 cm³/mol. The summed E-state index contributed by atoms with van der Waals surface area (Å²) in [5.74, 6) is 1.45. The summed E-state index contributed by atoms with van der Waals surface area (Å²) in [7, 11) is 0. The first-order valence-electron chi connectivity index (χ1n) is 7.05. The third kappa shape index (κ3) is 2.09. The number of nitrogens with zero attached hydrogens (tertiary/aromatic N) is 2. The second-order valence-electron chi connectivity index (χ2n) is 5.34. The van der Waals surface area contributed by atoms with Gasteiger partial charge in [0.15, 0.2) is 0 Å². The Morgan fingerprint density at radius 3 is 2.76 bits per heavy atom. The monoisotopic (exact) mass is 277 g/mol. The normalized spacial score (nSPS) is 16.5. The molecule has 104 valence electrons. The summed E-state index contributed by atoms with van der Waals surface area (Å²) in [6.45, 7) is 2.86. The Balaban J connectivity index is 1.68. The van der Waals surface area contributed by atoms with Gasteiger partial charge in [0.1, 0.15) is 0 Å². The molecule has 4 rings (SSSR count). The zero-order chi connectivity index (χ0) is 14.2. The van der Waals surface area contributed by atoms with E-state index in [0.717, 1.165) is 17.8 Å². The third-order valence-electron chi connectivity index (χ3n) is 3.88. The molecular weight excluding hydrogens is 262 g/mol. The van der Waals surface area contributed by atoms with E-state index < -0.39 is 0 Å². The summed E-state index contributed by atoms with van der Waals surface area (Å²) in [4.78, 5) is 4.57. The van der Waals surface area contributed by atoms with Crippen LogP contribution in [0.3, 0.4) is 0 Å². The van der Waals surface area contributed by atoms with Gasteiger partial charge in [-0.15, -0.1) is 0 Å². The number of hydrogen-bond donors (Lipinski definition) is 1. The molecule has 0 amide bonds. The molecule has 1 atom stereocenters. The highest BCUT2D eigenvalue weighted by atomic mass is 16.5. The van der Waals surface area contributed by atoms with Crippen LogP contribution in [0.25, 0.3) is 11.4 Å². The highest BCUT2D eigenvalue weighted by Gasteiger charge is 2.28. The lowest BCUT2D eigenvalue weighted by atomic mass is 10.0. The fourth-order valence-corrected chi connectivity index (χ4v) is 2.70. The van der Waals surface area contributed by atoms with Crippen molar-refractivity contribution in [2.24, 2.45) is 0 Å². The Morgan fingerprint density at radius 2 is 1.90 bits per heavy atom. The van der Waals surface area contributed by atoms with Gasteiger partial charge in [-0.1, -0.05) is 53.2 Å². The quantitative estimate of drug-likeness (QED) is 0.777. The second-order valence-corrected chi connectivity index (χ2v) is 5.34. The van der Waals surface area contributed by atoms with Crippen molar-refractivity contribution in [1.29, 1.82) is 0 Å². The molecule has 0 saturated carbocycles. The Bertz CT molecular complexity index is 777. The zero-order valence-corrected chi connectivity index (χ0v) is 11.7. The first-order chi connectivity index (χ1) is 10.3.